The topological polar surface area (TPSA) is 89.6 Å². The summed E-state index contributed by atoms with van der Waals surface area (Å²) in [6.07, 6.45) is 5.03. The van der Waals surface area contributed by atoms with Gasteiger partial charge in [-0.1, -0.05) is 0 Å². The molecule has 0 aliphatic heterocycles. The third-order valence-electron chi connectivity index (χ3n) is 2.02. The first kappa shape index (κ1) is 12.7. The summed E-state index contributed by atoms with van der Waals surface area (Å²) in [5.41, 5.74) is 1.56. The number of aldehydes is 1. The summed E-state index contributed by atoms with van der Waals surface area (Å²) < 4.78 is 0. The minimum atomic E-state index is 0.289. The first-order valence-corrected chi connectivity index (χ1v) is 4.95. The van der Waals surface area contributed by atoms with E-state index in [1.807, 2.05) is 6.07 Å². The lowest BCUT2D eigenvalue weighted by Crippen LogP contribution is -2.16. The molecular formula is C12H12N4O. The van der Waals surface area contributed by atoms with Gasteiger partial charge in [0.1, 0.15) is 6.07 Å². The molecule has 86 valence electrons. The van der Waals surface area contributed by atoms with Crippen LogP contribution in [-0.2, 0) is 4.79 Å². The summed E-state index contributed by atoms with van der Waals surface area (Å²) in [6, 6.07) is 3.52. The Morgan fingerprint density at radius 2 is 2.41 bits per heavy atom. The Morgan fingerprint density at radius 3 is 3.00 bits per heavy atom. The maximum atomic E-state index is 10.9. The third-order valence-corrected chi connectivity index (χ3v) is 2.02. The first-order chi connectivity index (χ1) is 8.21. The molecule has 0 aliphatic rings. The minimum absolute atomic E-state index is 0.289. The van der Waals surface area contributed by atoms with Crippen LogP contribution in [0.1, 0.15) is 11.1 Å². The van der Waals surface area contributed by atoms with E-state index in [2.05, 4.69) is 10.3 Å². The van der Waals surface area contributed by atoms with Crippen LogP contribution in [0.15, 0.2) is 24.5 Å². The van der Waals surface area contributed by atoms with Crippen LogP contribution in [0.25, 0.3) is 5.57 Å². The van der Waals surface area contributed by atoms with E-state index < -0.39 is 0 Å². The van der Waals surface area contributed by atoms with Crippen molar-refractivity contribution in [2.75, 3.05) is 13.6 Å². The highest BCUT2D eigenvalue weighted by Crippen LogP contribution is 2.12. The van der Waals surface area contributed by atoms with Gasteiger partial charge in [0.15, 0.2) is 6.29 Å². The maximum absolute atomic E-state index is 10.9. The van der Waals surface area contributed by atoms with E-state index in [1.54, 1.807) is 13.1 Å². The Morgan fingerprint density at radius 1 is 1.65 bits per heavy atom. The number of hydrogen-bond donors (Lipinski definition) is 2. The van der Waals surface area contributed by atoms with Crippen LogP contribution in [0.2, 0.25) is 0 Å². The van der Waals surface area contributed by atoms with Crippen LogP contribution in [0.3, 0.4) is 0 Å². The summed E-state index contributed by atoms with van der Waals surface area (Å²) in [5.74, 6) is 0. The van der Waals surface area contributed by atoms with Crippen LogP contribution < -0.4 is 5.32 Å². The van der Waals surface area contributed by atoms with Crippen molar-refractivity contribution in [1.82, 2.24) is 10.3 Å². The van der Waals surface area contributed by atoms with Gasteiger partial charge in [0.25, 0.3) is 0 Å². The van der Waals surface area contributed by atoms with Crippen molar-refractivity contribution >= 4 is 17.6 Å². The number of carbonyl (C=O) groups excluding carboxylic acids is 1. The SMILES string of the molecule is CNCC(=N)/C=C(\C=O)c1cncc(C#N)c1. The van der Waals surface area contributed by atoms with Crippen LogP contribution in [0.5, 0.6) is 0 Å². The van der Waals surface area contributed by atoms with E-state index in [-0.39, 0.29) is 5.71 Å². The van der Waals surface area contributed by atoms with E-state index in [1.165, 1.54) is 18.5 Å². The van der Waals surface area contributed by atoms with Crippen LogP contribution in [0, 0.1) is 16.7 Å². The lowest BCUT2D eigenvalue weighted by atomic mass is 10.1. The normalized spacial score (nSPS) is 10.7. The molecule has 0 saturated carbocycles. The summed E-state index contributed by atoms with van der Waals surface area (Å²) in [7, 11) is 1.72. The molecule has 2 N–H and O–H groups in total. The number of nitriles is 1. The summed E-state index contributed by atoms with van der Waals surface area (Å²) >= 11 is 0. The smallest absolute Gasteiger partial charge is 0.150 e. The molecule has 0 atom stereocenters. The molecule has 0 spiro atoms. The zero-order valence-corrected chi connectivity index (χ0v) is 9.40. The van der Waals surface area contributed by atoms with Gasteiger partial charge < -0.3 is 10.7 Å². The molecule has 5 heteroatoms. The molecule has 1 heterocycles. The van der Waals surface area contributed by atoms with Gasteiger partial charge in [0.05, 0.1) is 5.56 Å². The number of allylic oxidation sites excluding steroid dienone is 1. The third kappa shape index (κ3) is 3.63. The second kappa shape index (κ2) is 6.30. The highest BCUT2D eigenvalue weighted by molar-refractivity contribution is 6.15. The van der Waals surface area contributed by atoms with E-state index in [0.29, 0.717) is 29.5 Å². The second-order valence-electron chi connectivity index (χ2n) is 3.35. The Labute approximate surface area is 99.3 Å². The van der Waals surface area contributed by atoms with Gasteiger partial charge in [0, 0.05) is 35.8 Å². The van der Waals surface area contributed by atoms with Crippen molar-refractivity contribution in [3.8, 4) is 6.07 Å². The molecular weight excluding hydrogens is 216 g/mol. The quantitative estimate of drug-likeness (QED) is 0.442. The summed E-state index contributed by atoms with van der Waals surface area (Å²) in [5, 5.41) is 19.1. The van der Waals surface area contributed by atoms with Crippen LogP contribution in [0.4, 0.5) is 0 Å². The molecule has 1 aromatic rings. The lowest BCUT2D eigenvalue weighted by molar-refractivity contribution is -0.103. The predicted octanol–water partition coefficient (Wildman–Crippen LogP) is 0.775. The summed E-state index contributed by atoms with van der Waals surface area (Å²) in [4.78, 5) is 14.8. The molecule has 0 aromatic carbocycles. The maximum Gasteiger partial charge on any atom is 0.150 e. The van der Waals surface area contributed by atoms with Gasteiger partial charge in [-0.3, -0.25) is 9.78 Å². The van der Waals surface area contributed by atoms with Crippen molar-refractivity contribution in [1.29, 1.82) is 10.7 Å². The standard InChI is InChI=1S/C12H12N4O/c1-15-7-12(14)3-11(8-17)10-2-9(4-13)5-16-6-10/h2-3,5-6,8,14-15H,7H2,1H3/b11-3+,14-12?. The van der Waals surface area contributed by atoms with E-state index in [9.17, 15) is 4.79 Å². The number of rotatable bonds is 5. The average Bonchev–Trinajstić information content (AvgIpc) is 2.36. The number of nitrogens with zero attached hydrogens (tertiary/aromatic N) is 2. The van der Waals surface area contributed by atoms with Crippen LogP contribution >= 0.6 is 0 Å². The van der Waals surface area contributed by atoms with Gasteiger partial charge in [-0.15, -0.1) is 0 Å². The Balaban J connectivity index is 3.05. The molecule has 0 bridgehead atoms. The number of aromatic nitrogens is 1. The molecule has 0 saturated heterocycles. The fourth-order valence-corrected chi connectivity index (χ4v) is 1.27. The molecule has 1 aromatic heterocycles. The van der Waals surface area contributed by atoms with E-state index in [0.717, 1.165) is 0 Å². The minimum Gasteiger partial charge on any atom is -0.314 e. The van der Waals surface area contributed by atoms with Gasteiger partial charge in [-0.05, 0) is 19.2 Å². The Hall–Kier alpha value is -2.32. The lowest BCUT2D eigenvalue weighted by Gasteiger charge is -2.01. The number of nitrogens with one attached hydrogen (secondary N) is 2. The highest BCUT2D eigenvalue weighted by atomic mass is 16.1. The van der Waals surface area contributed by atoms with Gasteiger partial charge in [-0.2, -0.15) is 5.26 Å². The molecule has 0 amide bonds. The zero-order chi connectivity index (χ0) is 12.7. The fourth-order valence-electron chi connectivity index (χ4n) is 1.27. The number of hydrogen-bond acceptors (Lipinski definition) is 5. The van der Waals surface area contributed by atoms with Gasteiger partial charge in [0.2, 0.25) is 0 Å². The monoisotopic (exact) mass is 228 g/mol. The molecule has 5 nitrogen and oxygen atoms in total. The predicted molar refractivity (Wildman–Crippen MR) is 64.6 cm³/mol. The molecule has 1 rings (SSSR count). The molecule has 17 heavy (non-hydrogen) atoms. The van der Waals surface area contributed by atoms with Gasteiger partial charge >= 0.3 is 0 Å². The van der Waals surface area contributed by atoms with Crippen molar-refractivity contribution in [2.45, 2.75) is 0 Å². The molecule has 0 radical (unpaired) electrons. The first-order valence-electron chi connectivity index (χ1n) is 4.95. The number of pyridine rings is 1. The Kier molecular flexibility index (Phi) is 4.73. The number of carbonyl (C=O) groups is 1. The van der Waals surface area contributed by atoms with Crippen LogP contribution in [-0.4, -0.2) is 30.6 Å². The van der Waals surface area contributed by atoms with E-state index in [4.69, 9.17) is 10.7 Å². The average molecular weight is 228 g/mol. The highest BCUT2D eigenvalue weighted by Gasteiger charge is 2.03. The van der Waals surface area contributed by atoms with Crippen molar-refractivity contribution in [3.63, 3.8) is 0 Å². The Bertz CT molecular complexity index is 499. The van der Waals surface area contributed by atoms with Crippen molar-refractivity contribution in [2.24, 2.45) is 0 Å². The van der Waals surface area contributed by atoms with E-state index >= 15 is 0 Å². The zero-order valence-electron chi connectivity index (χ0n) is 9.40. The molecule has 0 fully saturated rings. The van der Waals surface area contributed by atoms with Gasteiger partial charge in [-0.25, -0.2) is 0 Å². The molecule has 0 aliphatic carbocycles. The second-order valence-corrected chi connectivity index (χ2v) is 3.35. The largest absolute Gasteiger partial charge is 0.314 e. The molecule has 0 unspecified atom stereocenters. The van der Waals surface area contributed by atoms with Crippen molar-refractivity contribution in [3.05, 3.63) is 35.7 Å². The summed E-state index contributed by atoms with van der Waals surface area (Å²) in [6.45, 7) is 0.378. The van der Waals surface area contributed by atoms with Crippen molar-refractivity contribution < 1.29 is 4.79 Å². The fraction of sp³-hybridized carbons (Fsp3) is 0.167.